The molecule has 0 N–H and O–H groups in total. The van der Waals surface area contributed by atoms with E-state index in [4.69, 9.17) is 4.74 Å². The molecule has 0 bridgehead atoms. The molecular formula is C27H34O2. The Balaban J connectivity index is 1.68. The standard InChI is InChI=1S/C27H34O2/c1-18(2)20-11-13-22-21(17-20)12-14-24-26(22,4)15-8-16-27(24,5)25(28)29-23-10-7-6-9-19(23)3/h6-7,9-11,13,17-18,24H,8,12,14-16H2,1-5H3/t24-,26-,27-/m1/s1. The smallest absolute Gasteiger partial charge is 0.317 e. The van der Waals surface area contributed by atoms with Crippen LogP contribution in [0, 0.1) is 18.3 Å². The fourth-order valence-corrected chi connectivity index (χ4v) is 6.00. The van der Waals surface area contributed by atoms with Gasteiger partial charge in [-0.3, -0.25) is 4.79 Å². The van der Waals surface area contributed by atoms with Gasteiger partial charge in [-0.2, -0.15) is 0 Å². The van der Waals surface area contributed by atoms with Gasteiger partial charge in [0.2, 0.25) is 0 Å². The molecule has 3 atom stereocenters. The van der Waals surface area contributed by atoms with Gasteiger partial charge in [0.1, 0.15) is 5.75 Å². The second kappa shape index (κ2) is 7.31. The summed E-state index contributed by atoms with van der Waals surface area (Å²) in [6, 6.07) is 14.9. The Hall–Kier alpha value is -2.09. The number of ether oxygens (including phenoxy) is 1. The molecule has 0 aliphatic heterocycles. The highest BCUT2D eigenvalue weighted by Crippen LogP contribution is 2.57. The fraction of sp³-hybridized carbons (Fsp3) is 0.519. The molecule has 0 heterocycles. The molecule has 2 aliphatic rings. The summed E-state index contributed by atoms with van der Waals surface area (Å²) < 4.78 is 5.98. The average Bonchev–Trinajstić information content (AvgIpc) is 2.69. The molecule has 1 saturated carbocycles. The monoisotopic (exact) mass is 390 g/mol. The van der Waals surface area contributed by atoms with Crippen molar-refractivity contribution in [3.8, 4) is 5.75 Å². The zero-order valence-electron chi connectivity index (χ0n) is 18.5. The summed E-state index contributed by atoms with van der Waals surface area (Å²) in [6.45, 7) is 11.1. The maximum absolute atomic E-state index is 13.5. The van der Waals surface area contributed by atoms with Crippen LogP contribution in [0.15, 0.2) is 42.5 Å². The highest BCUT2D eigenvalue weighted by molar-refractivity contribution is 5.80. The van der Waals surface area contributed by atoms with Crippen LogP contribution in [0.2, 0.25) is 0 Å². The van der Waals surface area contributed by atoms with E-state index in [0.29, 0.717) is 17.6 Å². The molecule has 154 valence electrons. The van der Waals surface area contributed by atoms with E-state index >= 15 is 0 Å². The van der Waals surface area contributed by atoms with E-state index in [-0.39, 0.29) is 11.4 Å². The molecule has 0 unspecified atom stereocenters. The number of hydrogen-bond donors (Lipinski definition) is 0. The molecule has 2 aromatic carbocycles. The molecule has 0 amide bonds. The summed E-state index contributed by atoms with van der Waals surface area (Å²) >= 11 is 0. The van der Waals surface area contributed by atoms with E-state index in [1.165, 1.54) is 16.7 Å². The molecular weight excluding hydrogens is 356 g/mol. The molecule has 29 heavy (non-hydrogen) atoms. The van der Waals surface area contributed by atoms with E-state index in [0.717, 1.165) is 37.7 Å². The van der Waals surface area contributed by atoms with Crippen LogP contribution in [0.5, 0.6) is 5.75 Å². The zero-order chi connectivity index (χ0) is 20.8. The molecule has 2 aliphatic carbocycles. The van der Waals surface area contributed by atoms with E-state index in [1.54, 1.807) is 0 Å². The second-order valence-electron chi connectivity index (χ2n) is 10.0. The van der Waals surface area contributed by atoms with E-state index < -0.39 is 5.41 Å². The number of fused-ring (bicyclic) bond motifs is 3. The highest BCUT2D eigenvalue weighted by Gasteiger charge is 2.55. The second-order valence-corrected chi connectivity index (χ2v) is 10.0. The predicted octanol–water partition coefficient (Wildman–Crippen LogP) is 6.73. The van der Waals surface area contributed by atoms with Crippen molar-refractivity contribution in [2.75, 3.05) is 0 Å². The van der Waals surface area contributed by atoms with Crippen molar-refractivity contribution in [3.05, 3.63) is 64.7 Å². The Morgan fingerprint density at radius 3 is 2.59 bits per heavy atom. The number of para-hydroxylation sites is 1. The Morgan fingerprint density at radius 2 is 1.86 bits per heavy atom. The third kappa shape index (κ3) is 3.31. The lowest BCUT2D eigenvalue weighted by molar-refractivity contribution is -0.154. The number of aryl methyl sites for hydroxylation is 2. The topological polar surface area (TPSA) is 26.3 Å². The van der Waals surface area contributed by atoms with Crippen LogP contribution >= 0.6 is 0 Å². The third-order valence-corrected chi connectivity index (χ3v) is 7.81. The van der Waals surface area contributed by atoms with Crippen LogP contribution in [0.25, 0.3) is 0 Å². The van der Waals surface area contributed by atoms with Gasteiger partial charge < -0.3 is 4.74 Å². The Morgan fingerprint density at radius 1 is 1.10 bits per heavy atom. The summed E-state index contributed by atoms with van der Waals surface area (Å²) in [5.74, 6) is 1.51. The molecule has 2 heteroatoms. The van der Waals surface area contributed by atoms with Gasteiger partial charge >= 0.3 is 5.97 Å². The van der Waals surface area contributed by atoms with Crippen molar-refractivity contribution in [1.29, 1.82) is 0 Å². The van der Waals surface area contributed by atoms with Gasteiger partial charge in [0.05, 0.1) is 5.41 Å². The minimum absolute atomic E-state index is 0.0425. The first-order valence-corrected chi connectivity index (χ1v) is 11.2. The number of carbonyl (C=O) groups excluding carboxylic acids is 1. The number of hydrogen-bond acceptors (Lipinski definition) is 2. The van der Waals surface area contributed by atoms with Crippen LogP contribution in [0.1, 0.15) is 81.5 Å². The molecule has 4 rings (SSSR count). The quantitative estimate of drug-likeness (QED) is 0.429. The first-order valence-electron chi connectivity index (χ1n) is 11.2. The van der Waals surface area contributed by atoms with Crippen molar-refractivity contribution in [2.45, 2.75) is 78.1 Å². The summed E-state index contributed by atoms with van der Waals surface area (Å²) in [4.78, 5) is 13.5. The highest BCUT2D eigenvalue weighted by atomic mass is 16.5. The number of benzene rings is 2. The summed E-state index contributed by atoms with van der Waals surface area (Å²) in [6.07, 6.45) is 5.25. The normalized spacial score (nSPS) is 28.6. The summed E-state index contributed by atoms with van der Waals surface area (Å²) in [7, 11) is 0. The lowest BCUT2D eigenvalue weighted by atomic mass is 9.49. The largest absolute Gasteiger partial charge is 0.426 e. The van der Waals surface area contributed by atoms with E-state index in [1.807, 2.05) is 31.2 Å². The minimum Gasteiger partial charge on any atom is -0.426 e. The van der Waals surface area contributed by atoms with E-state index in [9.17, 15) is 4.79 Å². The Kier molecular flexibility index (Phi) is 5.09. The van der Waals surface area contributed by atoms with Gasteiger partial charge in [0, 0.05) is 0 Å². The van der Waals surface area contributed by atoms with Gasteiger partial charge in [-0.05, 0) is 85.1 Å². The van der Waals surface area contributed by atoms with Crippen molar-refractivity contribution < 1.29 is 9.53 Å². The minimum atomic E-state index is -0.441. The van der Waals surface area contributed by atoms with Gasteiger partial charge in [-0.15, -0.1) is 0 Å². The number of carbonyl (C=O) groups is 1. The van der Waals surface area contributed by atoms with Crippen molar-refractivity contribution in [1.82, 2.24) is 0 Å². The molecule has 0 radical (unpaired) electrons. The molecule has 2 aromatic rings. The zero-order valence-corrected chi connectivity index (χ0v) is 18.5. The van der Waals surface area contributed by atoms with E-state index in [2.05, 4.69) is 45.9 Å². The van der Waals surface area contributed by atoms with Gasteiger partial charge in [-0.25, -0.2) is 0 Å². The van der Waals surface area contributed by atoms with Crippen LogP contribution < -0.4 is 4.74 Å². The molecule has 2 nitrogen and oxygen atoms in total. The summed E-state index contributed by atoms with van der Waals surface area (Å²) in [5, 5.41) is 0. The maximum atomic E-state index is 13.5. The molecule has 0 aromatic heterocycles. The van der Waals surface area contributed by atoms with Gasteiger partial charge in [0.15, 0.2) is 0 Å². The fourth-order valence-electron chi connectivity index (χ4n) is 6.00. The maximum Gasteiger partial charge on any atom is 0.317 e. The SMILES string of the molecule is Cc1ccccc1OC(=O)[C@]1(C)CCC[C@]2(C)c3ccc(C(C)C)cc3CC[C@@H]12. The van der Waals surface area contributed by atoms with Crippen LogP contribution in [0.3, 0.4) is 0 Å². The average molecular weight is 391 g/mol. The molecule has 0 saturated heterocycles. The predicted molar refractivity (Wildman–Crippen MR) is 118 cm³/mol. The van der Waals surface area contributed by atoms with Gasteiger partial charge in [0.25, 0.3) is 0 Å². The van der Waals surface area contributed by atoms with Crippen LogP contribution in [-0.2, 0) is 16.6 Å². The number of rotatable bonds is 3. The molecule has 1 fully saturated rings. The lowest BCUT2D eigenvalue weighted by Gasteiger charge is -2.54. The number of esters is 1. The van der Waals surface area contributed by atoms with Gasteiger partial charge in [-0.1, -0.05) is 63.6 Å². The lowest BCUT2D eigenvalue weighted by Crippen LogP contribution is -2.53. The Labute approximate surface area is 175 Å². The van der Waals surface area contributed by atoms with Crippen molar-refractivity contribution in [3.63, 3.8) is 0 Å². The summed E-state index contributed by atoms with van der Waals surface area (Å²) in [5.41, 5.74) is 4.99. The van der Waals surface area contributed by atoms with Crippen LogP contribution in [0.4, 0.5) is 0 Å². The Bertz CT molecular complexity index is 928. The van der Waals surface area contributed by atoms with Crippen LogP contribution in [-0.4, -0.2) is 5.97 Å². The van der Waals surface area contributed by atoms with Crippen molar-refractivity contribution in [2.24, 2.45) is 11.3 Å². The first kappa shape index (κ1) is 20.2. The molecule has 0 spiro atoms. The third-order valence-electron chi connectivity index (χ3n) is 7.81. The first-order chi connectivity index (χ1) is 13.8. The van der Waals surface area contributed by atoms with Crippen molar-refractivity contribution >= 4 is 5.97 Å².